The summed E-state index contributed by atoms with van der Waals surface area (Å²) in [6.45, 7) is 2.08. The Balaban J connectivity index is 1.31. The number of amides is 3. The molecule has 194 valence electrons. The maximum Gasteiger partial charge on any atom is 0.283 e. The number of nitrogens with one attached hydrogen (secondary N) is 2. The van der Waals surface area contributed by atoms with Gasteiger partial charge >= 0.3 is 0 Å². The number of anilines is 4. The van der Waals surface area contributed by atoms with Crippen molar-refractivity contribution in [3.05, 3.63) is 92.0 Å². The summed E-state index contributed by atoms with van der Waals surface area (Å²) in [5.41, 5.74) is 2.41. The Morgan fingerprint density at radius 3 is 2.16 bits per heavy atom. The van der Waals surface area contributed by atoms with Crippen LogP contribution in [0.1, 0.15) is 23.2 Å². The second kappa shape index (κ2) is 10.9. The number of nitrogens with zero attached hydrogens (tertiary/aromatic N) is 2. The first-order valence-electron chi connectivity index (χ1n) is 11.7. The third-order valence-electron chi connectivity index (χ3n) is 6.25. The van der Waals surface area contributed by atoms with Crippen molar-refractivity contribution in [1.82, 2.24) is 0 Å². The highest BCUT2D eigenvalue weighted by Crippen LogP contribution is 2.38. The van der Waals surface area contributed by atoms with E-state index in [-0.39, 0.29) is 37.4 Å². The van der Waals surface area contributed by atoms with Crippen LogP contribution < -0.4 is 20.4 Å². The molecule has 3 aromatic carbocycles. The zero-order valence-corrected chi connectivity index (χ0v) is 22.8. The Labute approximate surface area is 238 Å². The van der Waals surface area contributed by atoms with E-state index in [2.05, 4.69) is 15.5 Å². The topological polar surface area (TPSA) is 81.8 Å². The van der Waals surface area contributed by atoms with Crippen LogP contribution in [0.2, 0.25) is 15.1 Å². The molecule has 2 heterocycles. The molecule has 1 saturated heterocycles. The molecule has 1 fully saturated rings. The molecule has 0 aliphatic carbocycles. The lowest BCUT2D eigenvalue weighted by molar-refractivity contribution is -0.120. The van der Waals surface area contributed by atoms with Crippen LogP contribution in [0, 0.1) is 0 Å². The zero-order chi connectivity index (χ0) is 27.0. The van der Waals surface area contributed by atoms with E-state index in [1.807, 2.05) is 24.3 Å². The van der Waals surface area contributed by atoms with Crippen LogP contribution in [0.25, 0.3) is 0 Å². The predicted molar refractivity (Wildman–Crippen MR) is 153 cm³/mol. The Morgan fingerprint density at radius 1 is 0.763 bits per heavy atom. The standard InChI is InChI=1S/C27H20Cl4N4O3/c28-19-13-21(30)22(14-20(19)29)35-26(37)23(31)24(27(35)38)32-17-5-3-4-15(12-17)25(36)33-16-6-8-18(9-7-16)34-10-1-2-11-34/h3-9,12-14,32H,1-2,10-11H2,(H,33,36). The molecule has 0 radical (unpaired) electrons. The van der Waals surface area contributed by atoms with E-state index in [1.54, 1.807) is 24.3 Å². The van der Waals surface area contributed by atoms with Gasteiger partial charge in [-0.25, -0.2) is 4.90 Å². The van der Waals surface area contributed by atoms with Gasteiger partial charge in [0.05, 0.1) is 20.8 Å². The minimum atomic E-state index is -0.772. The van der Waals surface area contributed by atoms with Gasteiger partial charge < -0.3 is 15.5 Å². The number of halogens is 4. The molecular weight excluding hydrogens is 570 g/mol. The van der Waals surface area contributed by atoms with E-state index in [1.165, 1.54) is 25.0 Å². The largest absolute Gasteiger partial charge is 0.372 e. The summed E-state index contributed by atoms with van der Waals surface area (Å²) in [5, 5.41) is 5.76. The van der Waals surface area contributed by atoms with Gasteiger partial charge in [-0.15, -0.1) is 0 Å². The first-order chi connectivity index (χ1) is 18.2. The second-order valence-electron chi connectivity index (χ2n) is 8.75. The smallest absolute Gasteiger partial charge is 0.283 e. The number of carbonyl (C=O) groups excluding carboxylic acids is 3. The van der Waals surface area contributed by atoms with Crippen LogP contribution in [0.5, 0.6) is 0 Å². The Bertz CT molecular complexity index is 1480. The van der Waals surface area contributed by atoms with Gasteiger partial charge in [-0.2, -0.15) is 0 Å². The minimum absolute atomic E-state index is 0.0508. The Kier molecular flexibility index (Phi) is 7.54. The molecule has 0 bridgehead atoms. The summed E-state index contributed by atoms with van der Waals surface area (Å²) >= 11 is 24.5. The number of hydrogen-bond donors (Lipinski definition) is 2. The molecule has 11 heteroatoms. The number of rotatable bonds is 6. The summed E-state index contributed by atoms with van der Waals surface area (Å²) in [7, 11) is 0. The number of imide groups is 1. The lowest BCUT2D eigenvalue weighted by Crippen LogP contribution is -2.32. The number of carbonyl (C=O) groups is 3. The highest BCUT2D eigenvalue weighted by atomic mass is 35.5. The molecular formula is C27H20Cl4N4O3. The normalized spacial score (nSPS) is 15.5. The highest BCUT2D eigenvalue weighted by Gasteiger charge is 2.40. The van der Waals surface area contributed by atoms with Gasteiger partial charge in [0, 0.05) is 35.7 Å². The maximum absolute atomic E-state index is 13.1. The van der Waals surface area contributed by atoms with E-state index in [0.717, 1.165) is 23.7 Å². The van der Waals surface area contributed by atoms with Crippen molar-refractivity contribution in [3.63, 3.8) is 0 Å². The minimum Gasteiger partial charge on any atom is -0.372 e. The Hall–Kier alpha value is -3.23. The average Bonchev–Trinajstić information content (AvgIpc) is 3.51. The summed E-state index contributed by atoms with van der Waals surface area (Å²) in [6, 6.07) is 16.8. The molecule has 3 aromatic rings. The maximum atomic E-state index is 13.1. The first-order valence-corrected chi connectivity index (χ1v) is 13.2. The monoisotopic (exact) mass is 588 g/mol. The summed E-state index contributed by atoms with van der Waals surface area (Å²) in [4.78, 5) is 42.0. The fraction of sp³-hybridized carbons (Fsp3) is 0.148. The van der Waals surface area contributed by atoms with Crippen LogP contribution >= 0.6 is 46.4 Å². The molecule has 3 amide bonds. The number of benzene rings is 3. The molecule has 2 N–H and O–H groups in total. The van der Waals surface area contributed by atoms with Crippen LogP contribution in [-0.4, -0.2) is 30.8 Å². The molecule has 0 spiro atoms. The zero-order valence-electron chi connectivity index (χ0n) is 19.7. The van der Waals surface area contributed by atoms with Crippen LogP contribution in [-0.2, 0) is 9.59 Å². The van der Waals surface area contributed by atoms with Gasteiger partial charge in [0.25, 0.3) is 17.7 Å². The van der Waals surface area contributed by atoms with Crippen molar-refractivity contribution in [2.45, 2.75) is 12.8 Å². The van der Waals surface area contributed by atoms with Crippen molar-refractivity contribution < 1.29 is 14.4 Å². The van der Waals surface area contributed by atoms with E-state index in [0.29, 0.717) is 16.9 Å². The highest BCUT2D eigenvalue weighted by molar-refractivity contribution is 6.54. The molecule has 0 unspecified atom stereocenters. The van der Waals surface area contributed by atoms with E-state index in [9.17, 15) is 14.4 Å². The van der Waals surface area contributed by atoms with Crippen molar-refractivity contribution >= 4 is 86.9 Å². The van der Waals surface area contributed by atoms with Gasteiger partial charge in [0.15, 0.2) is 0 Å². The van der Waals surface area contributed by atoms with Gasteiger partial charge in [0.1, 0.15) is 10.7 Å². The van der Waals surface area contributed by atoms with Crippen LogP contribution in [0.15, 0.2) is 71.4 Å². The third kappa shape index (κ3) is 5.20. The summed E-state index contributed by atoms with van der Waals surface area (Å²) < 4.78 is 0. The molecule has 5 rings (SSSR count). The van der Waals surface area contributed by atoms with Crippen LogP contribution in [0.3, 0.4) is 0 Å². The molecule has 0 saturated carbocycles. The van der Waals surface area contributed by atoms with E-state index in [4.69, 9.17) is 46.4 Å². The fourth-order valence-electron chi connectivity index (χ4n) is 4.33. The molecule has 0 aromatic heterocycles. The SMILES string of the molecule is O=C(Nc1ccc(N2CCCC2)cc1)c1cccc(NC2=C(Cl)C(=O)N(c3cc(Cl)c(Cl)cc3Cl)C2=O)c1. The van der Waals surface area contributed by atoms with Gasteiger partial charge in [-0.1, -0.05) is 52.5 Å². The van der Waals surface area contributed by atoms with Crippen molar-refractivity contribution in [3.8, 4) is 0 Å². The molecule has 2 aliphatic rings. The predicted octanol–water partition coefficient (Wildman–Crippen LogP) is 6.94. The van der Waals surface area contributed by atoms with Crippen molar-refractivity contribution in [1.29, 1.82) is 0 Å². The number of hydrogen-bond acceptors (Lipinski definition) is 5. The fourth-order valence-corrected chi connectivity index (χ4v) is 5.17. The van der Waals surface area contributed by atoms with Gasteiger partial charge in [0.2, 0.25) is 0 Å². The van der Waals surface area contributed by atoms with Crippen molar-refractivity contribution in [2.24, 2.45) is 0 Å². The average molecular weight is 590 g/mol. The quantitative estimate of drug-likeness (QED) is 0.240. The van der Waals surface area contributed by atoms with Crippen LogP contribution in [0.4, 0.5) is 22.7 Å². The molecule has 2 aliphatic heterocycles. The molecule has 7 nitrogen and oxygen atoms in total. The first kappa shape index (κ1) is 26.4. The van der Waals surface area contributed by atoms with Gasteiger partial charge in [-0.05, 0) is 67.4 Å². The summed E-state index contributed by atoms with van der Waals surface area (Å²) in [6.07, 6.45) is 2.37. The van der Waals surface area contributed by atoms with E-state index < -0.39 is 11.8 Å². The molecule has 38 heavy (non-hydrogen) atoms. The van der Waals surface area contributed by atoms with Crippen molar-refractivity contribution in [2.75, 3.05) is 33.5 Å². The van der Waals surface area contributed by atoms with E-state index >= 15 is 0 Å². The summed E-state index contributed by atoms with van der Waals surface area (Å²) in [5.74, 6) is -1.83. The molecule has 0 atom stereocenters. The Morgan fingerprint density at radius 2 is 1.45 bits per heavy atom. The lowest BCUT2D eigenvalue weighted by Gasteiger charge is -2.18. The second-order valence-corrected chi connectivity index (χ2v) is 10.4. The lowest BCUT2D eigenvalue weighted by atomic mass is 10.1. The third-order valence-corrected chi connectivity index (χ3v) is 7.62. The van der Waals surface area contributed by atoms with Gasteiger partial charge in [-0.3, -0.25) is 14.4 Å².